The molecule has 2 amide bonds. The van der Waals surface area contributed by atoms with Gasteiger partial charge in [-0.05, 0) is 25.3 Å². The molecule has 0 spiro atoms. The minimum absolute atomic E-state index is 0.0235. The fraction of sp³-hybridized carbons (Fsp3) is 0.450. The maximum absolute atomic E-state index is 12.6. The predicted molar refractivity (Wildman–Crippen MR) is 106 cm³/mol. The highest BCUT2D eigenvalue weighted by Gasteiger charge is 2.17. The van der Waals surface area contributed by atoms with E-state index in [0.29, 0.717) is 24.5 Å². The Morgan fingerprint density at radius 2 is 1.96 bits per heavy atom. The second-order valence-electron chi connectivity index (χ2n) is 6.35. The minimum atomic E-state index is -0.191. The molecular formula is C20H27N3O2S. The number of nitrogens with one attached hydrogen (secondary N) is 1. The molecule has 140 valence electrons. The monoisotopic (exact) mass is 373 g/mol. The number of anilines is 1. The van der Waals surface area contributed by atoms with Crippen LogP contribution in [-0.2, 0) is 16.0 Å². The fourth-order valence-electron chi connectivity index (χ4n) is 2.64. The lowest BCUT2D eigenvalue weighted by Gasteiger charge is -2.22. The second-order valence-corrected chi connectivity index (χ2v) is 7.21. The second kappa shape index (κ2) is 10.7. The maximum atomic E-state index is 12.6. The number of hydrogen-bond acceptors (Lipinski definition) is 4. The average Bonchev–Trinajstić information content (AvgIpc) is 3.04. The molecule has 1 heterocycles. The third-order valence-electron chi connectivity index (χ3n) is 4.05. The first-order valence-corrected chi connectivity index (χ1v) is 10.00. The van der Waals surface area contributed by atoms with Gasteiger partial charge in [-0.25, -0.2) is 4.98 Å². The number of aryl methyl sites for hydroxylation is 2. The van der Waals surface area contributed by atoms with Gasteiger partial charge in [-0.2, -0.15) is 0 Å². The van der Waals surface area contributed by atoms with Gasteiger partial charge < -0.3 is 10.2 Å². The van der Waals surface area contributed by atoms with Gasteiger partial charge in [-0.3, -0.25) is 9.59 Å². The van der Waals surface area contributed by atoms with Crippen LogP contribution < -0.4 is 5.32 Å². The molecule has 26 heavy (non-hydrogen) atoms. The van der Waals surface area contributed by atoms with Gasteiger partial charge in [-0.1, -0.05) is 50.1 Å². The Labute approximate surface area is 159 Å². The van der Waals surface area contributed by atoms with Gasteiger partial charge in [-0.15, -0.1) is 11.3 Å². The molecule has 0 aliphatic heterocycles. The predicted octanol–water partition coefficient (Wildman–Crippen LogP) is 4.04. The van der Waals surface area contributed by atoms with Crippen molar-refractivity contribution in [3.05, 3.63) is 47.0 Å². The van der Waals surface area contributed by atoms with Crippen molar-refractivity contribution >= 4 is 28.3 Å². The van der Waals surface area contributed by atoms with Gasteiger partial charge in [0.15, 0.2) is 5.13 Å². The number of nitrogens with zero attached hydrogens (tertiary/aromatic N) is 2. The summed E-state index contributed by atoms with van der Waals surface area (Å²) in [6.45, 7) is 4.71. The Kier molecular flexibility index (Phi) is 8.28. The number of hydrogen-bond donors (Lipinski definition) is 1. The summed E-state index contributed by atoms with van der Waals surface area (Å²) in [5.41, 5.74) is 2.01. The van der Waals surface area contributed by atoms with Crippen LogP contribution in [-0.4, -0.2) is 34.8 Å². The summed E-state index contributed by atoms with van der Waals surface area (Å²) in [7, 11) is 0. The Bertz CT molecular complexity index is 700. The topological polar surface area (TPSA) is 62.3 Å². The van der Waals surface area contributed by atoms with Crippen LogP contribution >= 0.6 is 11.3 Å². The molecule has 0 bridgehead atoms. The first-order valence-electron chi connectivity index (χ1n) is 9.12. The molecule has 0 unspecified atom stereocenters. The molecule has 0 saturated heterocycles. The molecule has 5 nitrogen and oxygen atoms in total. The molecule has 1 aromatic carbocycles. The van der Waals surface area contributed by atoms with E-state index in [1.165, 1.54) is 11.3 Å². The van der Waals surface area contributed by atoms with Crippen LogP contribution in [0.3, 0.4) is 0 Å². The number of thiazole rings is 1. The average molecular weight is 374 g/mol. The van der Waals surface area contributed by atoms with Gasteiger partial charge in [0.25, 0.3) is 0 Å². The molecule has 0 radical (unpaired) electrons. The fourth-order valence-corrected chi connectivity index (χ4v) is 3.35. The summed E-state index contributed by atoms with van der Waals surface area (Å²) in [4.78, 5) is 30.9. The van der Waals surface area contributed by atoms with Crippen LogP contribution in [0, 0.1) is 6.92 Å². The molecule has 2 rings (SSSR count). The number of benzene rings is 1. The van der Waals surface area contributed by atoms with Gasteiger partial charge in [0.05, 0.1) is 12.2 Å². The molecule has 0 fully saturated rings. The number of amides is 2. The van der Waals surface area contributed by atoms with E-state index in [-0.39, 0.29) is 18.4 Å². The number of carbonyl (C=O) groups is 2. The van der Waals surface area contributed by atoms with E-state index >= 15 is 0 Å². The van der Waals surface area contributed by atoms with Crippen molar-refractivity contribution in [1.29, 1.82) is 0 Å². The van der Waals surface area contributed by atoms with Crippen LogP contribution in [0.2, 0.25) is 0 Å². The lowest BCUT2D eigenvalue weighted by atomic mass is 10.1. The van der Waals surface area contributed by atoms with E-state index < -0.39 is 0 Å². The standard InChI is InChI=1S/C20H27N3O2S/c1-3-4-8-13-23(14-18(24)22-20-21-16(2)15-26-20)19(25)12-11-17-9-6-5-7-10-17/h5-7,9-10,15H,3-4,8,11-14H2,1-2H3,(H,21,22,24). The van der Waals surface area contributed by atoms with Crippen LogP contribution in [0.5, 0.6) is 0 Å². The number of aromatic nitrogens is 1. The third-order valence-corrected chi connectivity index (χ3v) is 4.93. The van der Waals surface area contributed by atoms with Crippen molar-refractivity contribution in [2.45, 2.75) is 46.0 Å². The van der Waals surface area contributed by atoms with E-state index in [1.54, 1.807) is 4.90 Å². The Balaban J connectivity index is 1.90. The van der Waals surface area contributed by atoms with Crippen molar-refractivity contribution in [3.63, 3.8) is 0 Å². The van der Waals surface area contributed by atoms with E-state index in [9.17, 15) is 9.59 Å². The van der Waals surface area contributed by atoms with Crippen molar-refractivity contribution in [2.24, 2.45) is 0 Å². The molecule has 2 aromatic rings. The molecule has 1 aromatic heterocycles. The van der Waals surface area contributed by atoms with Gasteiger partial charge >= 0.3 is 0 Å². The highest BCUT2D eigenvalue weighted by Crippen LogP contribution is 2.14. The lowest BCUT2D eigenvalue weighted by Crippen LogP contribution is -2.38. The number of unbranched alkanes of at least 4 members (excludes halogenated alkanes) is 2. The van der Waals surface area contributed by atoms with E-state index in [2.05, 4.69) is 17.2 Å². The Hall–Kier alpha value is -2.21. The molecule has 0 saturated carbocycles. The molecular weight excluding hydrogens is 346 g/mol. The number of carbonyl (C=O) groups excluding carboxylic acids is 2. The van der Waals surface area contributed by atoms with E-state index in [1.807, 2.05) is 42.6 Å². The molecule has 6 heteroatoms. The summed E-state index contributed by atoms with van der Waals surface area (Å²) in [5, 5.41) is 5.26. The van der Waals surface area contributed by atoms with Gasteiger partial charge in [0.1, 0.15) is 0 Å². The molecule has 0 atom stereocenters. The lowest BCUT2D eigenvalue weighted by molar-refractivity contribution is -0.134. The summed E-state index contributed by atoms with van der Waals surface area (Å²) >= 11 is 1.40. The van der Waals surface area contributed by atoms with Crippen LogP contribution in [0.4, 0.5) is 5.13 Å². The van der Waals surface area contributed by atoms with Crippen LogP contribution in [0.15, 0.2) is 35.7 Å². The maximum Gasteiger partial charge on any atom is 0.245 e. The summed E-state index contributed by atoms with van der Waals surface area (Å²) < 4.78 is 0. The van der Waals surface area contributed by atoms with Crippen LogP contribution in [0.1, 0.15) is 43.9 Å². The smallest absolute Gasteiger partial charge is 0.245 e. The Morgan fingerprint density at radius 3 is 2.62 bits per heavy atom. The number of rotatable bonds is 10. The first kappa shape index (κ1) is 20.1. The zero-order valence-corrected chi connectivity index (χ0v) is 16.3. The van der Waals surface area contributed by atoms with Gasteiger partial charge in [0, 0.05) is 18.3 Å². The van der Waals surface area contributed by atoms with E-state index in [0.717, 1.165) is 30.5 Å². The summed E-state index contributed by atoms with van der Waals surface area (Å²) in [6, 6.07) is 9.95. The van der Waals surface area contributed by atoms with Crippen molar-refractivity contribution < 1.29 is 9.59 Å². The summed E-state index contributed by atoms with van der Waals surface area (Å²) in [5.74, 6) is -0.167. The molecule has 0 aliphatic rings. The van der Waals surface area contributed by atoms with Crippen molar-refractivity contribution in [2.75, 3.05) is 18.4 Å². The SMILES string of the molecule is CCCCCN(CC(=O)Nc1nc(C)cs1)C(=O)CCc1ccccc1. The largest absolute Gasteiger partial charge is 0.333 e. The first-order chi connectivity index (χ1) is 12.6. The van der Waals surface area contributed by atoms with Crippen LogP contribution in [0.25, 0.3) is 0 Å². The molecule has 0 aliphatic carbocycles. The van der Waals surface area contributed by atoms with Crippen molar-refractivity contribution in [3.8, 4) is 0 Å². The van der Waals surface area contributed by atoms with E-state index in [4.69, 9.17) is 0 Å². The highest BCUT2D eigenvalue weighted by molar-refractivity contribution is 7.13. The normalized spacial score (nSPS) is 10.5. The van der Waals surface area contributed by atoms with Crippen molar-refractivity contribution in [1.82, 2.24) is 9.88 Å². The minimum Gasteiger partial charge on any atom is -0.333 e. The zero-order valence-electron chi connectivity index (χ0n) is 15.5. The highest BCUT2D eigenvalue weighted by atomic mass is 32.1. The quantitative estimate of drug-likeness (QED) is 0.639. The summed E-state index contributed by atoms with van der Waals surface area (Å²) in [6.07, 6.45) is 4.15. The molecule has 1 N–H and O–H groups in total. The Morgan fingerprint density at radius 1 is 1.19 bits per heavy atom. The van der Waals surface area contributed by atoms with Gasteiger partial charge in [0.2, 0.25) is 11.8 Å². The third kappa shape index (κ3) is 6.96. The zero-order chi connectivity index (χ0) is 18.8.